The number of carboxylic acids is 2. The summed E-state index contributed by atoms with van der Waals surface area (Å²) in [5.74, 6) is -6.33. The number of unbranched alkanes of at least 4 members (excludes halogenated alkanes) is 1. The van der Waals surface area contributed by atoms with Gasteiger partial charge in [-0.05, 0) is 31.9 Å². The molecule has 2 aliphatic heterocycles. The molecule has 2 aromatic heterocycles. The molecule has 2 atom stereocenters. The molecule has 5 rings (SSSR count). The van der Waals surface area contributed by atoms with Gasteiger partial charge in [0.25, 0.3) is 17.7 Å². The summed E-state index contributed by atoms with van der Waals surface area (Å²) in [4.78, 5) is 87.2. The van der Waals surface area contributed by atoms with E-state index in [-0.39, 0.29) is 39.6 Å². The Bertz CT molecular complexity index is 2090. The van der Waals surface area contributed by atoms with Gasteiger partial charge >= 0.3 is 11.9 Å². The molecule has 8 N–H and O–H groups in total. The number of oxime groups is 1. The Labute approximate surface area is 296 Å². The Morgan fingerprint density at radius 3 is 2.49 bits per heavy atom. The van der Waals surface area contributed by atoms with Gasteiger partial charge in [-0.25, -0.2) is 14.6 Å². The number of β-lactam (4-membered cyclic amide) rings is 1. The molecule has 1 saturated heterocycles. The number of nitrogens with zero attached hydrogens (tertiary/aromatic N) is 4. The first-order valence-corrected chi connectivity index (χ1v) is 17.3. The zero-order chi connectivity index (χ0) is 37.4. The number of fused-ring (bicyclic) bond motifs is 2. The number of carboxylic acid groups (broad SMARTS) is 2. The largest absolute Gasteiger partial charge is 0.504 e. The third-order valence-electron chi connectivity index (χ3n) is 8.03. The highest BCUT2D eigenvalue weighted by Gasteiger charge is 2.54. The molecule has 20 heteroatoms. The Kier molecular flexibility index (Phi) is 10.3. The van der Waals surface area contributed by atoms with Crippen molar-refractivity contribution in [1.82, 2.24) is 25.1 Å². The molecule has 4 heterocycles. The van der Waals surface area contributed by atoms with Crippen molar-refractivity contribution < 1.29 is 49.2 Å². The summed E-state index contributed by atoms with van der Waals surface area (Å²) < 4.78 is 1.61. The van der Waals surface area contributed by atoms with E-state index in [4.69, 9.17) is 10.6 Å². The van der Waals surface area contributed by atoms with Crippen LogP contribution in [0.25, 0.3) is 10.9 Å². The van der Waals surface area contributed by atoms with Crippen LogP contribution in [0.2, 0.25) is 0 Å². The van der Waals surface area contributed by atoms with Crippen molar-refractivity contribution in [2.24, 2.45) is 5.16 Å². The highest BCUT2D eigenvalue weighted by Crippen LogP contribution is 2.40. The first-order chi connectivity index (χ1) is 24.0. The number of phenols is 2. The van der Waals surface area contributed by atoms with Crippen LogP contribution in [0.5, 0.6) is 11.5 Å². The van der Waals surface area contributed by atoms with Gasteiger partial charge in [0.15, 0.2) is 22.3 Å². The van der Waals surface area contributed by atoms with Gasteiger partial charge in [0.05, 0.1) is 10.9 Å². The summed E-state index contributed by atoms with van der Waals surface area (Å²) in [6.45, 7) is 4.43. The second kappa shape index (κ2) is 14.3. The SMILES string of the molecule is CCCCn1cc(C(=O)NCC2=C(C(=O)O)N3C(=O)C(NC(=O)/C(=N\OC(C)(C)C(=O)O)c4csc(N)n4)[C@H]3SC2)c(=O)c2cc(O)c(O)cc21. The van der Waals surface area contributed by atoms with Crippen molar-refractivity contribution in [3.05, 3.63) is 56.5 Å². The highest BCUT2D eigenvalue weighted by atomic mass is 32.2. The zero-order valence-electron chi connectivity index (χ0n) is 27.3. The van der Waals surface area contributed by atoms with Crippen molar-refractivity contribution >= 4 is 74.5 Å². The molecule has 270 valence electrons. The predicted molar refractivity (Wildman–Crippen MR) is 184 cm³/mol. The molecule has 1 aromatic carbocycles. The van der Waals surface area contributed by atoms with Gasteiger partial charge in [0, 0.05) is 36.5 Å². The van der Waals surface area contributed by atoms with Crippen molar-refractivity contribution in [2.45, 2.75) is 57.2 Å². The fourth-order valence-corrected chi connectivity index (χ4v) is 7.09. The lowest BCUT2D eigenvalue weighted by Crippen LogP contribution is -2.71. The number of nitrogens with one attached hydrogen (secondary N) is 2. The van der Waals surface area contributed by atoms with E-state index < -0.39 is 75.0 Å². The first kappa shape index (κ1) is 36.6. The number of benzene rings is 1. The Morgan fingerprint density at radius 2 is 1.86 bits per heavy atom. The molecule has 1 fully saturated rings. The smallest absolute Gasteiger partial charge is 0.352 e. The fraction of sp³-hybridized carbons (Fsp3) is 0.355. The maximum absolute atomic E-state index is 13.3. The van der Waals surface area contributed by atoms with Crippen molar-refractivity contribution in [1.29, 1.82) is 0 Å². The number of nitrogens with two attached hydrogens (primary N) is 1. The average molecular weight is 744 g/mol. The van der Waals surface area contributed by atoms with Crippen LogP contribution in [-0.4, -0.2) is 99.6 Å². The number of amides is 3. The Balaban J connectivity index is 1.35. The number of anilines is 1. The number of pyridine rings is 1. The normalized spacial score (nSPS) is 17.5. The van der Waals surface area contributed by atoms with E-state index >= 15 is 0 Å². The van der Waals surface area contributed by atoms with E-state index in [2.05, 4.69) is 20.8 Å². The summed E-state index contributed by atoms with van der Waals surface area (Å²) in [5.41, 5.74) is 2.45. The summed E-state index contributed by atoms with van der Waals surface area (Å²) in [5, 5.41) is 48.9. The van der Waals surface area contributed by atoms with Gasteiger partial charge in [-0.3, -0.25) is 24.1 Å². The lowest BCUT2D eigenvalue weighted by molar-refractivity contribution is -0.161. The summed E-state index contributed by atoms with van der Waals surface area (Å²) in [7, 11) is 0. The lowest BCUT2D eigenvalue weighted by atomic mass is 10.0. The number of aryl methyl sites for hydroxylation is 1. The summed E-state index contributed by atoms with van der Waals surface area (Å²) in [6, 6.07) is 1.10. The second-order valence-corrected chi connectivity index (χ2v) is 14.0. The van der Waals surface area contributed by atoms with E-state index in [0.29, 0.717) is 18.5 Å². The number of hydrogen-bond donors (Lipinski definition) is 7. The summed E-state index contributed by atoms with van der Waals surface area (Å²) >= 11 is 2.09. The zero-order valence-corrected chi connectivity index (χ0v) is 29.0. The minimum absolute atomic E-state index is 0.00145. The van der Waals surface area contributed by atoms with E-state index in [9.17, 15) is 49.2 Å². The Hall–Kier alpha value is -5.63. The molecule has 0 radical (unpaired) electrons. The van der Waals surface area contributed by atoms with Crippen molar-refractivity contribution in [3.8, 4) is 11.5 Å². The predicted octanol–water partition coefficient (Wildman–Crippen LogP) is 1.00. The quantitative estimate of drug-likeness (QED) is 0.0557. The number of thioether (sulfide) groups is 1. The van der Waals surface area contributed by atoms with Crippen LogP contribution < -0.4 is 21.8 Å². The first-order valence-electron chi connectivity index (χ1n) is 15.3. The molecule has 51 heavy (non-hydrogen) atoms. The van der Waals surface area contributed by atoms with Gasteiger partial charge in [0.1, 0.15) is 28.4 Å². The average Bonchev–Trinajstić information content (AvgIpc) is 3.51. The van der Waals surface area contributed by atoms with Crippen molar-refractivity contribution in [2.75, 3.05) is 18.0 Å². The van der Waals surface area contributed by atoms with Crippen LogP contribution >= 0.6 is 23.1 Å². The van der Waals surface area contributed by atoms with Crippen LogP contribution in [0, 0.1) is 0 Å². The maximum Gasteiger partial charge on any atom is 0.352 e. The third kappa shape index (κ3) is 7.17. The number of nitrogen functional groups attached to an aromatic ring is 1. The number of phenolic OH excluding ortho intramolecular Hbond substituents is 2. The van der Waals surface area contributed by atoms with Gasteiger partial charge in [-0.15, -0.1) is 23.1 Å². The molecule has 0 saturated carbocycles. The number of rotatable bonds is 13. The topological polar surface area (TPSA) is 276 Å². The number of carbonyl (C=O) groups is 5. The molecule has 3 amide bonds. The molecular formula is C31H33N7O11S2. The minimum atomic E-state index is -1.82. The van der Waals surface area contributed by atoms with E-state index in [1.54, 1.807) is 4.57 Å². The molecule has 18 nitrogen and oxygen atoms in total. The number of carbonyl (C=O) groups excluding carboxylic acids is 3. The number of aromatic hydroxyl groups is 2. The van der Waals surface area contributed by atoms with Crippen LogP contribution in [0.15, 0.2) is 44.9 Å². The van der Waals surface area contributed by atoms with Crippen LogP contribution in [0.4, 0.5) is 5.13 Å². The van der Waals surface area contributed by atoms with Gasteiger partial charge in [-0.2, -0.15) is 0 Å². The second-order valence-electron chi connectivity index (χ2n) is 12.0. The van der Waals surface area contributed by atoms with Gasteiger partial charge in [0.2, 0.25) is 11.0 Å². The fourth-order valence-electron chi connectivity index (χ4n) is 5.20. The van der Waals surface area contributed by atoms with Crippen LogP contribution in [0.1, 0.15) is 49.7 Å². The standard InChI is InChI=1S/C31H33N7O11S2/c1-4-5-6-37-10-15(23(41)14-7-18(39)19(40)8-17(14)37)24(42)33-9-13-11-50-27-21(26(44)38(27)22(13)28(45)46)35-25(43)20(16-12-51-30(32)34-16)36-49-31(2,3)29(47)48/h7-8,10,12,21,27,39-40H,4-6,9,11H2,1-3H3,(H2,32,34)(H,33,42)(H,35,43)(H,45,46)(H,47,48)/b36-20-/t21?,27-/m1/s1. The molecule has 2 aliphatic rings. The molecular weight excluding hydrogens is 711 g/mol. The third-order valence-corrected chi connectivity index (χ3v) is 10.0. The number of thiazole rings is 1. The molecule has 0 spiro atoms. The van der Waals surface area contributed by atoms with Gasteiger partial charge in [-0.1, -0.05) is 18.5 Å². The monoisotopic (exact) mass is 743 g/mol. The van der Waals surface area contributed by atoms with E-state index in [1.165, 1.54) is 31.5 Å². The van der Waals surface area contributed by atoms with Crippen LogP contribution in [0.3, 0.4) is 0 Å². The van der Waals surface area contributed by atoms with Crippen LogP contribution in [-0.2, 0) is 30.6 Å². The number of aromatic nitrogens is 2. The minimum Gasteiger partial charge on any atom is -0.504 e. The summed E-state index contributed by atoms with van der Waals surface area (Å²) in [6.07, 6.45) is 2.81. The van der Waals surface area contributed by atoms with E-state index in [1.807, 2.05) is 6.92 Å². The Morgan fingerprint density at radius 1 is 1.16 bits per heavy atom. The maximum atomic E-state index is 13.3. The molecule has 1 unspecified atom stereocenters. The molecule has 0 aliphatic carbocycles. The molecule has 0 bridgehead atoms. The lowest BCUT2D eigenvalue weighted by Gasteiger charge is -2.49. The number of aliphatic carboxylic acids is 2. The van der Waals surface area contributed by atoms with Gasteiger partial charge < -0.3 is 46.2 Å². The molecule has 3 aromatic rings. The van der Waals surface area contributed by atoms with E-state index in [0.717, 1.165) is 40.5 Å². The highest BCUT2D eigenvalue weighted by molar-refractivity contribution is 8.00. The number of hydrogen-bond acceptors (Lipinski definition) is 14. The van der Waals surface area contributed by atoms with Crippen molar-refractivity contribution in [3.63, 3.8) is 0 Å².